The molecule has 0 bridgehead atoms. The fourth-order valence-corrected chi connectivity index (χ4v) is 1.13. The molecule has 0 fully saturated rings. The second kappa shape index (κ2) is 3.32. The van der Waals surface area contributed by atoms with E-state index in [1.165, 1.54) is 12.1 Å². The fraction of sp³-hybridized carbons (Fsp3) is 0.400. The van der Waals surface area contributed by atoms with E-state index < -0.39 is 5.92 Å². The normalized spacial score (nSPS) is 11.7. The zero-order valence-corrected chi connectivity index (χ0v) is 7.64. The maximum Gasteiger partial charge on any atom is 0.270 e. The van der Waals surface area contributed by atoms with E-state index in [0.29, 0.717) is 6.42 Å². The van der Waals surface area contributed by atoms with Crippen molar-refractivity contribution in [2.45, 2.75) is 26.2 Å². The smallest absolute Gasteiger partial charge is 0.270 e. The third-order valence-corrected chi connectivity index (χ3v) is 1.89. The highest BCUT2D eigenvalue weighted by atomic mass is 19.3. The summed E-state index contributed by atoms with van der Waals surface area (Å²) < 4.78 is 25.7. The van der Waals surface area contributed by atoms with Gasteiger partial charge >= 0.3 is 0 Å². The highest BCUT2D eigenvalue weighted by Gasteiger charge is 2.24. The summed E-state index contributed by atoms with van der Waals surface area (Å²) in [6.45, 7) is 2.67. The van der Waals surface area contributed by atoms with Crippen LogP contribution in [0.3, 0.4) is 0 Å². The summed E-state index contributed by atoms with van der Waals surface area (Å²) >= 11 is 0. The number of phenolic OH excluding ortho intramolecular Hbond substituents is 1. The summed E-state index contributed by atoms with van der Waals surface area (Å²) in [7, 11) is 0. The van der Waals surface area contributed by atoms with Crippen LogP contribution in [0.25, 0.3) is 0 Å². The van der Waals surface area contributed by atoms with Gasteiger partial charge in [0.05, 0.1) is 0 Å². The third kappa shape index (κ3) is 2.41. The van der Waals surface area contributed by atoms with Gasteiger partial charge in [0.25, 0.3) is 5.92 Å². The Morgan fingerprint density at radius 1 is 1.31 bits per heavy atom. The Labute approximate surface area is 76.0 Å². The van der Waals surface area contributed by atoms with E-state index in [1.807, 2.05) is 6.92 Å². The molecule has 3 heteroatoms. The van der Waals surface area contributed by atoms with Gasteiger partial charge in [0, 0.05) is 12.5 Å². The molecule has 1 rings (SSSR count). The first kappa shape index (κ1) is 9.96. The van der Waals surface area contributed by atoms with Gasteiger partial charge in [-0.25, -0.2) is 8.78 Å². The summed E-state index contributed by atoms with van der Waals surface area (Å²) in [6, 6.07) is 4.01. The molecular formula is C10H12F2O. The minimum Gasteiger partial charge on any atom is -0.508 e. The molecule has 0 saturated heterocycles. The van der Waals surface area contributed by atoms with Gasteiger partial charge in [0.15, 0.2) is 0 Å². The molecule has 0 saturated carbocycles. The van der Waals surface area contributed by atoms with Crippen molar-refractivity contribution in [3.8, 4) is 5.75 Å². The van der Waals surface area contributed by atoms with Crippen molar-refractivity contribution < 1.29 is 13.9 Å². The fourth-order valence-electron chi connectivity index (χ4n) is 1.13. The lowest BCUT2D eigenvalue weighted by Crippen LogP contribution is -2.07. The predicted molar refractivity (Wildman–Crippen MR) is 47.1 cm³/mol. The predicted octanol–water partition coefficient (Wildman–Crippen LogP) is 3.07. The van der Waals surface area contributed by atoms with E-state index in [9.17, 15) is 8.78 Å². The molecule has 0 atom stereocenters. The zero-order valence-electron chi connectivity index (χ0n) is 7.64. The molecule has 72 valence electrons. The summed E-state index contributed by atoms with van der Waals surface area (Å²) in [5.74, 6) is -2.99. The number of aryl methyl sites for hydroxylation is 1. The second-order valence-corrected chi connectivity index (χ2v) is 3.13. The molecular weight excluding hydrogens is 174 g/mol. The lowest BCUT2D eigenvalue weighted by molar-refractivity contribution is 0.0172. The van der Waals surface area contributed by atoms with Crippen LogP contribution in [-0.4, -0.2) is 5.11 Å². The highest BCUT2D eigenvalue weighted by molar-refractivity contribution is 5.35. The zero-order chi connectivity index (χ0) is 10.1. The lowest BCUT2D eigenvalue weighted by atomic mass is 10.0. The maximum atomic E-state index is 12.8. The maximum absolute atomic E-state index is 12.8. The molecule has 1 N–H and O–H groups in total. The molecule has 0 spiro atoms. The molecule has 1 aromatic rings. The molecule has 0 heterocycles. The third-order valence-electron chi connectivity index (χ3n) is 1.89. The van der Waals surface area contributed by atoms with Gasteiger partial charge in [-0.05, 0) is 30.2 Å². The topological polar surface area (TPSA) is 20.2 Å². The van der Waals surface area contributed by atoms with Crippen molar-refractivity contribution in [1.82, 2.24) is 0 Å². The van der Waals surface area contributed by atoms with Crippen molar-refractivity contribution >= 4 is 0 Å². The first-order chi connectivity index (χ1) is 5.93. The van der Waals surface area contributed by atoms with Crippen LogP contribution in [0.1, 0.15) is 25.0 Å². The largest absolute Gasteiger partial charge is 0.508 e. The van der Waals surface area contributed by atoms with E-state index in [-0.39, 0.29) is 11.3 Å². The standard InChI is InChI=1S/C10H12F2O/c1-3-7-4-8(10(2,11)12)6-9(13)5-7/h4-6,13H,3H2,1-2H3. The van der Waals surface area contributed by atoms with Gasteiger partial charge in [-0.2, -0.15) is 0 Å². The molecule has 0 aliphatic carbocycles. The van der Waals surface area contributed by atoms with Crippen LogP contribution in [-0.2, 0) is 12.3 Å². The van der Waals surface area contributed by atoms with Crippen molar-refractivity contribution in [1.29, 1.82) is 0 Å². The average molecular weight is 186 g/mol. The van der Waals surface area contributed by atoms with Crippen LogP contribution in [0, 0.1) is 0 Å². The minimum absolute atomic E-state index is 0.101. The van der Waals surface area contributed by atoms with Gasteiger partial charge in [-0.3, -0.25) is 0 Å². The first-order valence-corrected chi connectivity index (χ1v) is 4.14. The van der Waals surface area contributed by atoms with Crippen molar-refractivity contribution in [2.75, 3.05) is 0 Å². The molecule has 0 aliphatic rings. The summed E-state index contributed by atoms with van der Waals surface area (Å²) in [4.78, 5) is 0. The monoisotopic (exact) mass is 186 g/mol. The number of benzene rings is 1. The van der Waals surface area contributed by atoms with Crippen molar-refractivity contribution in [3.63, 3.8) is 0 Å². The Bertz CT molecular complexity index is 302. The van der Waals surface area contributed by atoms with Crippen LogP contribution in [0.15, 0.2) is 18.2 Å². The Kier molecular flexibility index (Phi) is 2.55. The van der Waals surface area contributed by atoms with Gasteiger partial charge in [0.1, 0.15) is 5.75 Å². The number of phenols is 1. The van der Waals surface area contributed by atoms with Crippen molar-refractivity contribution in [2.24, 2.45) is 0 Å². The molecule has 0 amide bonds. The molecule has 0 radical (unpaired) electrons. The quantitative estimate of drug-likeness (QED) is 0.752. The molecule has 0 aromatic heterocycles. The molecule has 1 nitrogen and oxygen atoms in total. The van der Waals surface area contributed by atoms with Crippen LogP contribution < -0.4 is 0 Å². The number of hydrogen-bond donors (Lipinski definition) is 1. The van der Waals surface area contributed by atoms with Crippen molar-refractivity contribution in [3.05, 3.63) is 29.3 Å². The Balaban J connectivity index is 3.16. The Morgan fingerprint density at radius 3 is 2.38 bits per heavy atom. The Morgan fingerprint density at radius 2 is 1.92 bits per heavy atom. The number of alkyl halides is 2. The Hall–Kier alpha value is -1.12. The average Bonchev–Trinajstić information content (AvgIpc) is 2.01. The van der Waals surface area contributed by atoms with Gasteiger partial charge in [-0.15, -0.1) is 0 Å². The van der Waals surface area contributed by atoms with Crippen LogP contribution >= 0.6 is 0 Å². The number of halogens is 2. The number of aromatic hydroxyl groups is 1. The lowest BCUT2D eigenvalue weighted by Gasteiger charge is -2.12. The highest BCUT2D eigenvalue weighted by Crippen LogP contribution is 2.30. The number of hydrogen-bond acceptors (Lipinski definition) is 1. The van der Waals surface area contributed by atoms with E-state index >= 15 is 0 Å². The summed E-state index contributed by atoms with van der Waals surface area (Å²) in [5.41, 5.74) is 0.584. The van der Waals surface area contributed by atoms with Gasteiger partial charge < -0.3 is 5.11 Å². The van der Waals surface area contributed by atoms with Crippen LogP contribution in [0.5, 0.6) is 5.75 Å². The summed E-state index contributed by atoms with van der Waals surface area (Å²) in [5, 5.41) is 9.16. The first-order valence-electron chi connectivity index (χ1n) is 4.14. The SMILES string of the molecule is CCc1cc(O)cc(C(C)(F)F)c1. The second-order valence-electron chi connectivity index (χ2n) is 3.13. The number of rotatable bonds is 2. The van der Waals surface area contributed by atoms with E-state index in [4.69, 9.17) is 5.11 Å². The molecule has 0 aliphatic heterocycles. The van der Waals surface area contributed by atoms with Crippen LogP contribution in [0.4, 0.5) is 8.78 Å². The molecule has 1 aromatic carbocycles. The van der Waals surface area contributed by atoms with E-state index in [1.54, 1.807) is 0 Å². The van der Waals surface area contributed by atoms with Crippen LogP contribution in [0.2, 0.25) is 0 Å². The van der Waals surface area contributed by atoms with Gasteiger partial charge in [-0.1, -0.05) is 6.92 Å². The van der Waals surface area contributed by atoms with E-state index in [0.717, 1.165) is 18.6 Å². The van der Waals surface area contributed by atoms with E-state index in [2.05, 4.69) is 0 Å². The molecule has 0 unspecified atom stereocenters. The summed E-state index contributed by atoms with van der Waals surface area (Å²) in [6.07, 6.45) is 0.636. The molecule has 13 heavy (non-hydrogen) atoms. The minimum atomic E-state index is -2.89. The van der Waals surface area contributed by atoms with Gasteiger partial charge in [0.2, 0.25) is 0 Å².